The van der Waals surface area contributed by atoms with Crippen molar-refractivity contribution in [2.75, 3.05) is 5.32 Å². The van der Waals surface area contributed by atoms with Gasteiger partial charge in [-0.15, -0.1) is 10.2 Å². The second kappa shape index (κ2) is 6.60. The second-order valence-corrected chi connectivity index (χ2v) is 6.51. The zero-order valence-corrected chi connectivity index (χ0v) is 15.2. The van der Waals surface area contributed by atoms with E-state index in [-0.39, 0.29) is 5.91 Å². The van der Waals surface area contributed by atoms with Crippen LogP contribution in [0.2, 0.25) is 0 Å². The summed E-state index contributed by atoms with van der Waals surface area (Å²) in [7, 11) is 0. The molecule has 0 aliphatic rings. The maximum atomic E-state index is 11.4. The number of nitrogens with zero attached hydrogens (tertiary/aromatic N) is 4. The van der Waals surface area contributed by atoms with Crippen molar-refractivity contribution in [1.82, 2.24) is 25.6 Å². The lowest BCUT2D eigenvalue weighted by molar-refractivity contribution is -0.114. The number of pyridine rings is 1. The van der Waals surface area contributed by atoms with Crippen LogP contribution < -0.4 is 5.32 Å². The standard InChI is InChI=1S/C20H18N6O/c1-11-9-18(14-4-6-15(7-5-14)20-23-25-26-24-20)22-19-12(2)8-16(10-17(11)19)21-13(3)27/h4-10H,1-3H3,(H,21,27)(H,23,24,25,26). The highest BCUT2D eigenvalue weighted by Crippen LogP contribution is 2.29. The minimum Gasteiger partial charge on any atom is -0.326 e. The molecule has 0 saturated carbocycles. The van der Waals surface area contributed by atoms with Crippen molar-refractivity contribution in [3.05, 3.63) is 53.6 Å². The molecule has 27 heavy (non-hydrogen) atoms. The fraction of sp³-hybridized carbons (Fsp3) is 0.150. The van der Waals surface area contributed by atoms with E-state index >= 15 is 0 Å². The van der Waals surface area contributed by atoms with Crippen LogP contribution in [0.5, 0.6) is 0 Å². The number of rotatable bonds is 3. The lowest BCUT2D eigenvalue weighted by atomic mass is 10.0. The molecule has 0 spiro atoms. The first-order valence-electron chi connectivity index (χ1n) is 8.55. The van der Waals surface area contributed by atoms with Crippen LogP contribution in [0.25, 0.3) is 33.5 Å². The molecule has 0 aliphatic heterocycles. The average Bonchev–Trinajstić information content (AvgIpc) is 3.17. The summed E-state index contributed by atoms with van der Waals surface area (Å²) >= 11 is 0. The predicted octanol–water partition coefficient (Wildman–Crippen LogP) is 3.66. The normalized spacial score (nSPS) is 10.9. The minimum absolute atomic E-state index is 0.0855. The van der Waals surface area contributed by atoms with Gasteiger partial charge in [0.15, 0.2) is 0 Å². The van der Waals surface area contributed by atoms with Crippen molar-refractivity contribution >= 4 is 22.5 Å². The third-order valence-electron chi connectivity index (χ3n) is 4.42. The van der Waals surface area contributed by atoms with Gasteiger partial charge in [0.05, 0.1) is 11.2 Å². The van der Waals surface area contributed by atoms with Gasteiger partial charge in [-0.2, -0.15) is 5.21 Å². The fourth-order valence-corrected chi connectivity index (χ4v) is 3.16. The van der Waals surface area contributed by atoms with Gasteiger partial charge in [0.25, 0.3) is 0 Å². The Labute approximate surface area is 155 Å². The topological polar surface area (TPSA) is 96.5 Å². The van der Waals surface area contributed by atoms with E-state index in [4.69, 9.17) is 4.98 Å². The van der Waals surface area contributed by atoms with Crippen LogP contribution in [0.1, 0.15) is 18.1 Å². The molecule has 0 fully saturated rings. The summed E-state index contributed by atoms with van der Waals surface area (Å²) in [5.41, 5.74) is 6.64. The molecular formula is C20H18N6O. The SMILES string of the molecule is CC(=O)Nc1cc(C)c2nc(-c3ccc(-c4nn[nH]n4)cc3)cc(C)c2c1. The molecule has 2 aromatic carbocycles. The van der Waals surface area contributed by atoms with Gasteiger partial charge in [-0.1, -0.05) is 24.3 Å². The molecule has 0 unspecified atom stereocenters. The number of H-pyrrole nitrogens is 1. The maximum absolute atomic E-state index is 11.4. The molecule has 2 N–H and O–H groups in total. The van der Waals surface area contributed by atoms with Crippen molar-refractivity contribution in [2.45, 2.75) is 20.8 Å². The Morgan fingerprint density at radius 3 is 2.41 bits per heavy atom. The Bertz CT molecular complexity index is 1130. The monoisotopic (exact) mass is 358 g/mol. The first kappa shape index (κ1) is 16.8. The molecule has 134 valence electrons. The van der Waals surface area contributed by atoms with Crippen molar-refractivity contribution in [1.29, 1.82) is 0 Å². The molecular weight excluding hydrogens is 340 g/mol. The largest absolute Gasteiger partial charge is 0.326 e. The number of aromatic nitrogens is 5. The van der Waals surface area contributed by atoms with Gasteiger partial charge in [0.2, 0.25) is 11.7 Å². The Balaban J connectivity index is 1.76. The van der Waals surface area contributed by atoms with Gasteiger partial charge in [0.1, 0.15) is 0 Å². The molecule has 7 heteroatoms. The highest BCUT2D eigenvalue weighted by Gasteiger charge is 2.10. The van der Waals surface area contributed by atoms with E-state index in [1.165, 1.54) is 6.92 Å². The van der Waals surface area contributed by atoms with Crippen LogP contribution >= 0.6 is 0 Å². The highest BCUT2D eigenvalue weighted by atomic mass is 16.1. The Morgan fingerprint density at radius 1 is 1.00 bits per heavy atom. The zero-order valence-electron chi connectivity index (χ0n) is 15.2. The number of carbonyl (C=O) groups excluding carboxylic acids is 1. The fourth-order valence-electron chi connectivity index (χ4n) is 3.16. The van der Waals surface area contributed by atoms with E-state index in [9.17, 15) is 4.79 Å². The summed E-state index contributed by atoms with van der Waals surface area (Å²) in [5, 5.41) is 17.9. The molecule has 0 aliphatic carbocycles. The maximum Gasteiger partial charge on any atom is 0.221 e. The number of fused-ring (bicyclic) bond motifs is 1. The third kappa shape index (κ3) is 3.27. The van der Waals surface area contributed by atoms with E-state index in [1.807, 2.05) is 43.3 Å². The van der Waals surface area contributed by atoms with Crippen molar-refractivity contribution in [3.63, 3.8) is 0 Å². The molecule has 1 amide bonds. The van der Waals surface area contributed by atoms with Gasteiger partial charge >= 0.3 is 0 Å². The molecule has 0 bridgehead atoms. The quantitative estimate of drug-likeness (QED) is 0.583. The Hall–Kier alpha value is -3.61. The highest BCUT2D eigenvalue weighted by molar-refractivity contribution is 5.95. The summed E-state index contributed by atoms with van der Waals surface area (Å²) in [6.45, 7) is 5.56. The number of anilines is 1. The molecule has 2 aromatic heterocycles. The first-order valence-corrected chi connectivity index (χ1v) is 8.55. The molecule has 7 nitrogen and oxygen atoms in total. The molecule has 4 rings (SSSR count). The lowest BCUT2D eigenvalue weighted by Gasteiger charge is -2.12. The van der Waals surface area contributed by atoms with Crippen molar-refractivity contribution in [2.24, 2.45) is 0 Å². The van der Waals surface area contributed by atoms with Gasteiger partial charge < -0.3 is 5.32 Å². The Kier molecular flexibility index (Phi) is 4.12. The van der Waals surface area contributed by atoms with Crippen molar-refractivity contribution in [3.8, 4) is 22.6 Å². The number of nitrogens with one attached hydrogen (secondary N) is 2. The number of benzene rings is 2. The number of tetrazole rings is 1. The number of hydrogen-bond acceptors (Lipinski definition) is 5. The van der Waals surface area contributed by atoms with E-state index < -0.39 is 0 Å². The van der Waals surface area contributed by atoms with Crippen LogP contribution in [0.3, 0.4) is 0 Å². The van der Waals surface area contributed by atoms with Gasteiger partial charge in [-0.3, -0.25) is 4.79 Å². The summed E-state index contributed by atoms with van der Waals surface area (Å²) in [5.74, 6) is 0.475. The van der Waals surface area contributed by atoms with E-state index in [0.29, 0.717) is 5.82 Å². The van der Waals surface area contributed by atoms with Crippen LogP contribution in [0.15, 0.2) is 42.5 Å². The predicted molar refractivity (Wildman–Crippen MR) is 104 cm³/mol. The average molecular weight is 358 g/mol. The lowest BCUT2D eigenvalue weighted by Crippen LogP contribution is -2.06. The molecule has 0 saturated heterocycles. The third-order valence-corrected chi connectivity index (χ3v) is 4.42. The number of carbonyl (C=O) groups is 1. The molecule has 4 aromatic rings. The van der Waals surface area contributed by atoms with Gasteiger partial charge in [-0.05, 0) is 48.4 Å². The van der Waals surface area contributed by atoms with Gasteiger partial charge in [0, 0.05) is 29.1 Å². The second-order valence-electron chi connectivity index (χ2n) is 6.51. The van der Waals surface area contributed by atoms with Crippen LogP contribution in [-0.2, 0) is 4.79 Å². The van der Waals surface area contributed by atoms with E-state index in [0.717, 1.165) is 44.5 Å². The number of aromatic amines is 1. The van der Waals surface area contributed by atoms with E-state index in [2.05, 4.69) is 38.9 Å². The van der Waals surface area contributed by atoms with Crippen LogP contribution in [-0.4, -0.2) is 31.5 Å². The number of amides is 1. The Morgan fingerprint density at radius 2 is 1.74 bits per heavy atom. The molecule has 0 radical (unpaired) electrons. The van der Waals surface area contributed by atoms with Gasteiger partial charge in [-0.25, -0.2) is 4.98 Å². The summed E-state index contributed by atoms with van der Waals surface area (Å²) in [6.07, 6.45) is 0. The zero-order chi connectivity index (χ0) is 19.0. The number of hydrogen-bond donors (Lipinski definition) is 2. The van der Waals surface area contributed by atoms with Crippen molar-refractivity contribution < 1.29 is 4.79 Å². The summed E-state index contributed by atoms with van der Waals surface area (Å²) in [4.78, 5) is 16.2. The smallest absolute Gasteiger partial charge is 0.221 e. The van der Waals surface area contributed by atoms with E-state index in [1.54, 1.807) is 0 Å². The molecule has 2 heterocycles. The minimum atomic E-state index is -0.0855. The van der Waals surface area contributed by atoms with Crippen LogP contribution in [0, 0.1) is 13.8 Å². The summed E-state index contributed by atoms with van der Waals surface area (Å²) in [6, 6.07) is 13.9. The molecule has 0 atom stereocenters. The van der Waals surface area contributed by atoms with Crippen LogP contribution in [0.4, 0.5) is 5.69 Å². The first-order chi connectivity index (χ1) is 13.0. The number of aryl methyl sites for hydroxylation is 2. The summed E-state index contributed by atoms with van der Waals surface area (Å²) < 4.78 is 0.